The molecule has 3 aromatic rings. The average Bonchev–Trinajstić information content (AvgIpc) is 3.02. The van der Waals surface area contributed by atoms with Crippen molar-refractivity contribution in [1.29, 1.82) is 0 Å². The molecule has 1 heterocycles. The highest BCUT2D eigenvalue weighted by Gasteiger charge is 2.13. The van der Waals surface area contributed by atoms with E-state index < -0.39 is 0 Å². The van der Waals surface area contributed by atoms with Gasteiger partial charge in [-0.25, -0.2) is 0 Å². The van der Waals surface area contributed by atoms with Crippen LogP contribution in [0.4, 0.5) is 11.4 Å². The van der Waals surface area contributed by atoms with Crippen molar-refractivity contribution in [3.8, 4) is 11.4 Å². The molecule has 7 heteroatoms. The second-order valence-electron chi connectivity index (χ2n) is 6.51. The zero-order valence-corrected chi connectivity index (χ0v) is 16.7. The van der Waals surface area contributed by atoms with E-state index in [-0.39, 0.29) is 11.7 Å². The van der Waals surface area contributed by atoms with Crippen LogP contribution in [-0.4, -0.2) is 40.5 Å². The maximum Gasteiger partial charge on any atom is 0.234 e. The maximum absolute atomic E-state index is 12.2. The van der Waals surface area contributed by atoms with E-state index in [2.05, 4.69) is 15.5 Å². The first-order chi connectivity index (χ1) is 12.9. The number of anilines is 2. The fraction of sp³-hybridized carbons (Fsp3) is 0.250. The lowest BCUT2D eigenvalue weighted by molar-refractivity contribution is -0.113. The Kier molecular flexibility index (Phi) is 5.81. The van der Waals surface area contributed by atoms with E-state index in [9.17, 15) is 4.79 Å². The summed E-state index contributed by atoms with van der Waals surface area (Å²) in [5, 5.41) is 12.1. The van der Waals surface area contributed by atoms with Crippen molar-refractivity contribution in [1.82, 2.24) is 14.8 Å². The van der Waals surface area contributed by atoms with E-state index in [0.717, 1.165) is 28.3 Å². The molecule has 0 saturated heterocycles. The molecule has 2 aromatic carbocycles. The van der Waals surface area contributed by atoms with Gasteiger partial charge in [0.1, 0.15) is 0 Å². The van der Waals surface area contributed by atoms with Gasteiger partial charge in [0.25, 0.3) is 0 Å². The van der Waals surface area contributed by atoms with Crippen molar-refractivity contribution in [2.24, 2.45) is 7.05 Å². The Bertz CT molecular complexity index is 917. The van der Waals surface area contributed by atoms with Crippen molar-refractivity contribution in [3.05, 3.63) is 54.1 Å². The van der Waals surface area contributed by atoms with E-state index in [1.54, 1.807) is 0 Å². The molecule has 140 valence electrons. The van der Waals surface area contributed by atoms with Crippen molar-refractivity contribution in [3.63, 3.8) is 0 Å². The maximum atomic E-state index is 12.2. The third-order valence-corrected chi connectivity index (χ3v) is 5.16. The number of benzene rings is 2. The van der Waals surface area contributed by atoms with Crippen LogP contribution in [0.3, 0.4) is 0 Å². The zero-order chi connectivity index (χ0) is 19.4. The highest BCUT2D eigenvalue weighted by Crippen LogP contribution is 2.24. The molecule has 0 saturated carbocycles. The fourth-order valence-corrected chi connectivity index (χ4v) is 3.28. The van der Waals surface area contributed by atoms with Crippen LogP contribution >= 0.6 is 11.8 Å². The number of aromatic nitrogens is 3. The van der Waals surface area contributed by atoms with E-state index >= 15 is 0 Å². The zero-order valence-electron chi connectivity index (χ0n) is 15.9. The van der Waals surface area contributed by atoms with Gasteiger partial charge < -0.3 is 14.8 Å². The van der Waals surface area contributed by atoms with Crippen LogP contribution in [0.5, 0.6) is 0 Å². The molecule has 0 radical (unpaired) electrons. The van der Waals surface area contributed by atoms with Crippen molar-refractivity contribution < 1.29 is 4.79 Å². The van der Waals surface area contributed by atoms with Crippen LogP contribution in [0.25, 0.3) is 11.4 Å². The molecule has 0 unspecified atom stereocenters. The van der Waals surface area contributed by atoms with Crippen LogP contribution in [0, 0.1) is 6.92 Å². The number of rotatable bonds is 6. The smallest absolute Gasteiger partial charge is 0.234 e. The molecule has 0 aliphatic carbocycles. The SMILES string of the molecule is Cc1ccc(NC(=O)CSc2nnc(-c3ccc(N(C)C)cc3)n2C)cc1. The minimum absolute atomic E-state index is 0.0660. The Morgan fingerprint density at radius 1 is 1.07 bits per heavy atom. The first-order valence-corrected chi connectivity index (χ1v) is 9.59. The van der Waals surface area contributed by atoms with Gasteiger partial charge in [-0.2, -0.15) is 0 Å². The molecule has 0 atom stereocenters. The van der Waals surface area contributed by atoms with E-state index in [1.807, 2.05) is 86.1 Å². The van der Waals surface area contributed by atoms with Crippen LogP contribution in [0.1, 0.15) is 5.56 Å². The second-order valence-corrected chi connectivity index (χ2v) is 7.45. The number of aryl methyl sites for hydroxylation is 1. The molecule has 1 aromatic heterocycles. The summed E-state index contributed by atoms with van der Waals surface area (Å²) in [6, 6.07) is 15.9. The van der Waals surface area contributed by atoms with Gasteiger partial charge >= 0.3 is 0 Å². The summed E-state index contributed by atoms with van der Waals surface area (Å²) >= 11 is 1.37. The number of hydrogen-bond acceptors (Lipinski definition) is 5. The average molecular weight is 382 g/mol. The molecule has 0 fully saturated rings. The first-order valence-electron chi connectivity index (χ1n) is 8.60. The Labute approximate surface area is 163 Å². The van der Waals surface area contributed by atoms with Gasteiger partial charge in [0.2, 0.25) is 5.91 Å². The largest absolute Gasteiger partial charge is 0.378 e. The standard InChI is InChI=1S/C20H23N5OS/c1-14-5-9-16(10-6-14)21-18(26)13-27-20-23-22-19(25(20)4)15-7-11-17(12-8-15)24(2)3/h5-12H,13H2,1-4H3,(H,21,26). The molecule has 1 amide bonds. The van der Waals surface area contributed by atoms with Gasteiger partial charge in [0.15, 0.2) is 11.0 Å². The summed E-state index contributed by atoms with van der Waals surface area (Å²) in [6.45, 7) is 2.02. The molecular weight excluding hydrogens is 358 g/mol. The number of carbonyl (C=O) groups excluding carboxylic acids is 1. The van der Waals surface area contributed by atoms with Crippen molar-refractivity contribution in [2.45, 2.75) is 12.1 Å². The fourth-order valence-electron chi connectivity index (χ4n) is 2.56. The predicted molar refractivity (Wildman–Crippen MR) is 111 cm³/mol. The van der Waals surface area contributed by atoms with Gasteiger partial charge in [-0.15, -0.1) is 10.2 Å². The summed E-state index contributed by atoms with van der Waals surface area (Å²) in [4.78, 5) is 14.2. The summed E-state index contributed by atoms with van der Waals surface area (Å²) < 4.78 is 1.91. The Morgan fingerprint density at radius 2 is 1.74 bits per heavy atom. The lowest BCUT2D eigenvalue weighted by Crippen LogP contribution is -2.14. The minimum Gasteiger partial charge on any atom is -0.378 e. The van der Waals surface area contributed by atoms with Crippen LogP contribution < -0.4 is 10.2 Å². The lowest BCUT2D eigenvalue weighted by atomic mass is 10.2. The number of carbonyl (C=O) groups is 1. The Hall–Kier alpha value is -2.80. The highest BCUT2D eigenvalue weighted by atomic mass is 32.2. The molecule has 27 heavy (non-hydrogen) atoms. The normalized spacial score (nSPS) is 10.7. The Morgan fingerprint density at radius 3 is 2.37 bits per heavy atom. The minimum atomic E-state index is -0.0660. The molecule has 3 rings (SSSR count). The molecule has 0 aliphatic rings. The predicted octanol–water partition coefficient (Wildman–Crippen LogP) is 3.59. The molecule has 0 spiro atoms. The Balaban J connectivity index is 1.63. The molecule has 6 nitrogen and oxygen atoms in total. The van der Waals surface area contributed by atoms with Crippen LogP contribution in [-0.2, 0) is 11.8 Å². The van der Waals surface area contributed by atoms with Gasteiger partial charge in [-0.05, 0) is 43.3 Å². The van der Waals surface area contributed by atoms with E-state index in [1.165, 1.54) is 11.8 Å². The number of amides is 1. The quantitative estimate of drug-likeness (QED) is 0.661. The number of thioether (sulfide) groups is 1. The number of hydrogen-bond donors (Lipinski definition) is 1. The second kappa shape index (κ2) is 8.26. The number of nitrogens with zero attached hydrogens (tertiary/aromatic N) is 4. The van der Waals surface area contributed by atoms with E-state index in [4.69, 9.17) is 0 Å². The first kappa shape index (κ1) is 19.0. The lowest BCUT2D eigenvalue weighted by Gasteiger charge is -2.12. The van der Waals surface area contributed by atoms with Gasteiger partial charge in [-0.3, -0.25) is 4.79 Å². The summed E-state index contributed by atoms with van der Waals surface area (Å²) in [5.41, 5.74) is 4.08. The van der Waals surface area contributed by atoms with Gasteiger partial charge in [-0.1, -0.05) is 29.5 Å². The van der Waals surface area contributed by atoms with Crippen LogP contribution in [0.2, 0.25) is 0 Å². The number of nitrogens with one attached hydrogen (secondary N) is 1. The van der Waals surface area contributed by atoms with Crippen molar-refractivity contribution >= 4 is 29.0 Å². The summed E-state index contributed by atoms with van der Waals surface area (Å²) in [5.74, 6) is 0.991. The van der Waals surface area contributed by atoms with Crippen LogP contribution in [0.15, 0.2) is 53.7 Å². The van der Waals surface area contributed by atoms with Crippen molar-refractivity contribution in [2.75, 3.05) is 30.1 Å². The molecule has 1 N–H and O–H groups in total. The summed E-state index contributed by atoms with van der Waals surface area (Å²) in [7, 11) is 5.93. The molecular formula is C20H23N5OS. The van der Waals surface area contributed by atoms with E-state index in [0.29, 0.717) is 5.16 Å². The van der Waals surface area contributed by atoms with Gasteiger partial charge in [0.05, 0.1) is 5.75 Å². The van der Waals surface area contributed by atoms with Gasteiger partial charge in [0, 0.05) is 38.1 Å². The third kappa shape index (κ3) is 4.68. The molecule has 0 bridgehead atoms. The monoisotopic (exact) mass is 381 g/mol. The third-order valence-electron chi connectivity index (χ3n) is 4.14. The summed E-state index contributed by atoms with van der Waals surface area (Å²) in [6.07, 6.45) is 0. The topological polar surface area (TPSA) is 63.1 Å². The molecule has 0 aliphatic heterocycles. The highest BCUT2D eigenvalue weighted by molar-refractivity contribution is 7.99.